The lowest BCUT2D eigenvalue weighted by molar-refractivity contribution is -0.136. The lowest BCUT2D eigenvalue weighted by atomic mass is 9.97. The summed E-state index contributed by atoms with van der Waals surface area (Å²) >= 11 is 0. The highest BCUT2D eigenvalue weighted by Crippen LogP contribution is 2.20. The summed E-state index contributed by atoms with van der Waals surface area (Å²) in [5.41, 5.74) is 0.877. The van der Waals surface area contributed by atoms with Crippen LogP contribution in [0.15, 0.2) is 30.3 Å². The second kappa shape index (κ2) is 6.87. The van der Waals surface area contributed by atoms with E-state index in [0.717, 1.165) is 18.4 Å². The summed E-state index contributed by atoms with van der Waals surface area (Å²) < 4.78 is 0. The minimum atomic E-state index is -0.481. The van der Waals surface area contributed by atoms with Crippen molar-refractivity contribution in [3.63, 3.8) is 0 Å². The van der Waals surface area contributed by atoms with E-state index in [9.17, 15) is 9.90 Å². The number of hydrogen-bond acceptors (Lipinski definition) is 5. The number of aliphatic hydroxyl groups is 1. The molecule has 0 radical (unpaired) electrons. The van der Waals surface area contributed by atoms with E-state index in [-0.39, 0.29) is 12.5 Å². The number of nitrogens with zero attached hydrogens (tertiary/aromatic N) is 5. The van der Waals surface area contributed by atoms with Crippen LogP contribution in [0.4, 0.5) is 0 Å². The summed E-state index contributed by atoms with van der Waals surface area (Å²) in [5, 5.41) is 21.6. The first-order valence-corrected chi connectivity index (χ1v) is 7.93. The van der Waals surface area contributed by atoms with Crippen LogP contribution in [0.3, 0.4) is 0 Å². The number of aliphatic hydroxyl groups excluding tert-OH is 1. The van der Waals surface area contributed by atoms with Gasteiger partial charge in [0.05, 0.1) is 0 Å². The van der Waals surface area contributed by atoms with Crippen LogP contribution in [0.2, 0.25) is 0 Å². The zero-order valence-electron chi connectivity index (χ0n) is 13.2. The molecule has 0 saturated carbocycles. The average molecular weight is 315 g/mol. The molecule has 1 aliphatic rings. The zero-order valence-corrected chi connectivity index (χ0v) is 13.2. The van der Waals surface area contributed by atoms with Crippen molar-refractivity contribution in [2.45, 2.75) is 25.8 Å². The van der Waals surface area contributed by atoms with Gasteiger partial charge in [0, 0.05) is 25.3 Å². The van der Waals surface area contributed by atoms with Crippen molar-refractivity contribution in [3.05, 3.63) is 30.3 Å². The fraction of sp³-hybridized carbons (Fsp3) is 0.500. The zero-order chi connectivity index (χ0) is 16.2. The van der Waals surface area contributed by atoms with Gasteiger partial charge in [-0.3, -0.25) is 4.79 Å². The molecule has 1 unspecified atom stereocenters. The van der Waals surface area contributed by atoms with E-state index in [4.69, 9.17) is 0 Å². The molecule has 1 aromatic heterocycles. The van der Waals surface area contributed by atoms with Gasteiger partial charge in [0.1, 0.15) is 6.04 Å². The summed E-state index contributed by atoms with van der Waals surface area (Å²) in [6.07, 6.45) is 1.68. The topological polar surface area (TPSA) is 84.1 Å². The lowest BCUT2D eigenvalue weighted by Gasteiger charge is -2.32. The molecule has 2 heterocycles. The number of hydrogen-bond donors (Lipinski definition) is 1. The third-order valence-corrected chi connectivity index (χ3v) is 4.35. The Kier molecular flexibility index (Phi) is 4.66. The molecule has 0 bridgehead atoms. The van der Waals surface area contributed by atoms with Crippen LogP contribution >= 0.6 is 0 Å². The summed E-state index contributed by atoms with van der Waals surface area (Å²) in [6, 6.07) is 9.09. The first-order chi connectivity index (χ1) is 11.2. The second-order valence-corrected chi connectivity index (χ2v) is 5.93. The average Bonchev–Trinajstić information content (AvgIpc) is 3.11. The van der Waals surface area contributed by atoms with E-state index in [1.54, 1.807) is 6.92 Å². The summed E-state index contributed by atoms with van der Waals surface area (Å²) in [5.74, 6) is 0.825. The van der Waals surface area contributed by atoms with Crippen molar-refractivity contribution < 1.29 is 9.90 Å². The highest BCUT2D eigenvalue weighted by Gasteiger charge is 2.28. The molecule has 1 aromatic carbocycles. The molecular formula is C16H21N5O2. The maximum absolute atomic E-state index is 12.6. The fourth-order valence-corrected chi connectivity index (χ4v) is 2.79. The molecule has 23 heavy (non-hydrogen) atoms. The van der Waals surface area contributed by atoms with Crippen LogP contribution in [0.1, 0.15) is 25.8 Å². The SMILES string of the molecule is CC(C(=O)N1CCC(CO)CC1)n1nnc(-c2ccccc2)n1. The van der Waals surface area contributed by atoms with Crippen molar-refractivity contribution in [2.75, 3.05) is 19.7 Å². The molecular weight excluding hydrogens is 294 g/mol. The minimum Gasteiger partial charge on any atom is -0.396 e. The van der Waals surface area contributed by atoms with E-state index in [0.29, 0.717) is 24.8 Å². The number of aromatic nitrogens is 4. The number of carbonyl (C=O) groups excluding carboxylic acids is 1. The van der Waals surface area contributed by atoms with Crippen molar-refractivity contribution in [1.82, 2.24) is 25.1 Å². The molecule has 0 aliphatic carbocycles. The molecule has 0 spiro atoms. The number of tetrazole rings is 1. The first-order valence-electron chi connectivity index (χ1n) is 7.93. The number of piperidine rings is 1. The van der Waals surface area contributed by atoms with E-state index < -0.39 is 6.04 Å². The van der Waals surface area contributed by atoms with Gasteiger partial charge < -0.3 is 10.0 Å². The van der Waals surface area contributed by atoms with Gasteiger partial charge in [-0.25, -0.2) is 0 Å². The Morgan fingerprint density at radius 2 is 2.00 bits per heavy atom. The summed E-state index contributed by atoms with van der Waals surface area (Å²) in [7, 11) is 0. The maximum Gasteiger partial charge on any atom is 0.249 e. The van der Waals surface area contributed by atoms with Gasteiger partial charge in [-0.2, -0.15) is 4.80 Å². The van der Waals surface area contributed by atoms with Crippen LogP contribution in [0.25, 0.3) is 11.4 Å². The van der Waals surface area contributed by atoms with Crippen LogP contribution in [-0.4, -0.2) is 55.8 Å². The van der Waals surface area contributed by atoms with Crippen molar-refractivity contribution in [1.29, 1.82) is 0 Å². The van der Waals surface area contributed by atoms with Gasteiger partial charge in [0.15, 0.2) is 0 Å². The van der Waals surface area contributed by atoms with Crippen LogP contribution in [-0.2, 0) is 4.79 Å². The number of benzene rings is 1. The van der Waals surface area contributed by atoms with Crippen LogP contribution < -0.4 is 0 Å². The third kappa shape index (κ3) is 3.39. The first kappa shape index (κ1) is 15.6. The van der Waals surface area contributed by atoms with Crippen LogP contribution in [0, 0.1) is 5.92 Å². The van der Waals surface area contributed by atoms with Gasteiger partial charge in [0.25, 0.3) is 0 Å². The van der Waals surface area contributed by atoms with Gasteiger partial charge in [-0.15, -0.1) is 10.2 Å². The lowest BCUT2D eigenvalue weighted by Crippen LogP contribution is -2.42. The quantitative estimate of drug-likeness (QED) is 0.914. The molecule has 1 fully saturated rings. The number of rotatable bonds is 4. The van der Waals surface area contributed by atoms with E-state index in [1.165, 1.54) is 4.80 Å². The minimum absolute atomic E-state index is 0.00148. The Labute approximate surface area is 134 Å². The van der Waals surface area contributed by atoms with E-state index in [2.05, 4.69) is 15.4 Å². The summed E-state index contributed by atoms with van der Waals surface area (Å²) in [6.45, 7) is 3.34. The predicted octanol–water partition coefficient (Wildman–Crippen LogP) is 1.13. The molecule has 7 nitrogen and oxygen atoms in total. The van der Waals surface area contributed by atoms with Gasteiger partial charge >= 0.3 is 0 Å². The largest absolute Gasteiger partial charge is 0.396 e. The van der Waals surface area contributed by atoms with Crippen molar-refractivity contribution in [2.24, 2.45) is 5.92 Å². The standard InChI is InChI=1S/C16H21N5O2/c1-12(16(23)20-9-7-13(11-22)8-10-20)21-18-15(17-19-21)14-5-3-2-4-6-14/h2-6,12-13,22H,7-11H2,1H3. The molecule has 1 N–H and O–H groups in total. The molecule has 1 aliphatic heterocycles. The predicted molar refractivity (Wildman–Crippen MR) is 84.4 cm³/mol. The molecule has 1 atom stereocenters. The highest BCUT2D eigenvalue weighted by atomic mass is 16.3. The Hall–Kier alpha value is -2.28. The molecule has 1 saturated heterocycles. The second-order valence-electron chi connectivity index (χ2n) is 5.93. The van der Waals surface area contributed by atoms with Crippen molar-refractivity contribution >= 4 is 5.91 Å². The molecule has 7 heteroatoms. The van der Waals surface area contributed by atoms with E-state index >= 15 is 0 Å². The number of amides is 1. The monoisotopic (exact) mass is 315 g/mol. The van der Waals surface area contributed by atoms with Crippen molar-refractivity contribution in [3.8, 4) is 11.4 Å². The molecule has 2 aromatic rings. The number of carbonyl (C=O) groups is 1. The Bertz CT molecular complexity index is 650. The summed E-state index contributed by atoms with van der Waals surface area (Å²) in [4.78, 5) is 15.8. The molecule has 122 valence electrons. The van der Waals surface area contributed by atoms with Gasteiger partial charge in [0.2, 0.25) is 11.7 Å². The fourth-order valence-electron chi connectivity index (χ4n) is 2.79. The number of likely N-dealkylation sites (tertiary alicyclic amines) is 1. The Morgan fingerprint density at radius 3 is 2.65 bits per heavy atom. The third-order valence-electron chi connectivity index (χ3n) is 4.35. The molecule has 1 amide bonds. The maximum atomic E-state index is 12.6. The van der Waals surface area contributed by atoms with Crippen LogP contribution in [0.5, 0.6) is 0 Å². The van der Waals surface area contributed by atoms with Gasteiger partial charge in [-0.05, 0) is 30.9 Å². The Morgan fingerprint density at radius 1 is 1.30 bits per heavy atom. The smallest absolute Gasteiger partial charge is 0.249 e. The highest BCUT2D eigenvalue weighted by molar-refractivity contribution is 5.80. The normalized spacial score (nSPS) is 17.2. The van der Waals surface area contributed by atoms with Gasteiger partial charge in [-0.1, -0.05) is 30.3 Å². The van der Waals surface area contributed by atoms with E-state index in [1.807, 2.05) is 35.2 Å². The molecule has 3 rings (SSSR count). The Balaban J connectivity index is 1.67.